The molecule has 0 atom stereocenters. The molecule has 1 N–H and O–H groups in total. The number of halogens is 2. The van der Waals surface area contributed by atoms with Crippen LogP contribution in [0.4, 0.5) is 10.1 Å². The fourth-order valence-electron chi connectivity index (χ4n) is 2.57. The van der Waals surface area contributed by atoms with Crippen molar-refractivity contribution in [2.45, 2.75) is 23.8 Å². The summed E-state index contributed by atoms with van der Waals surface area (Å²) in [5, 5.41) is 11.4. The molecule has 0 radical (unpaired) electrons. The Morgan fingerprint density at radius 3 is 2.73 bits per heavy atom. The average molecular weight is 394 g/mol. The third-order valence-electron chi connectivity index (χ3n) is 3.96. The molecule has 1 heterocycles. The lowest BCUT2D eigenvalue weighted by Gasteiger charge is -2.10. The first kappa shape index (κ1) is 16.9. The summed E-state index contributed by atoms with van der Waals surface area (Å²) in [5.41, 5.74) is 0.931. The van der Waals surface area contributed by atoms with Crippen LogP contribution >= 0.6 is 11.6 Å². The Hall–Kier alpha value is -2.52. The highest BCUT2D eigenvalue weighted by Gasteiger charge is 2.28. The van der Waals surface area contributed by atoms with E-state index in [-0.39, 0.29) is 16.8 Å². The predicted molar refractivity (Wildman–Crippen MR) is 93.7 cm³/mol. The molecule has 26 heavy (non-hydrogen) atoms. The van der Waals surface area contributed by atoms with Crippen LogP contribution in [-0.4, -0.2) is 28.6 Å². The van der Waals surface area contributed by atoms with E-state index in [0.29, 0.717) is 11.4 Å². The molecule has 0 unspecified atom stereocenters. The number of hydrogen-bond donors (Lipinski definition) is 1. The van der Waals surface area contributed by atoms with Crippen molar-refractivity contribution in [2.75, 3.05) is 4.72 Å². The van der Waals surface area contributed by atoms with E-state index in [4.69, 9.17) is 11.6 Å². The summed E-state index contributed by atoms with van der Waals surface area (Å²) in [5.74, 6) is -0.432. The van der Waals surface area contributed by atoms with Crippen molar-refractivity contribution in [3.8, 4) is 11.4 Å². The minimum atomic E-state index is -4.13. The average Bonchev–Trinajstić information content (AvgIpc) is 3.33. The molecule has 134 valence electrons. The van der Waals surface area contributed by atoms with Crippen molar-refractivity contribution in [3.63, 3.8) is 0 Å². The number of aromatic nitrogens is 4. The monoisotopic (exact) mass is 393 g/mol. The predicted octanol–water partition coefficient (Wildman–Crippen LogP) is 3.27. The third kappa shape index (κ3) is 3.15. The van der Waals surface area contributed by atoms with Gasteiger partial charge in [-0.3, -0.25) is 4.72 Å². The highest BCUT2D eigenvalue weighted by Crippen LogP contribution is 2.37. The van der Waals surface area contributed by atoms with Crippen LogP contribution in [0.25, 0.3) is 11.4 Å². The minimum Gasteiger partial charge on any atom is -0.280 e. The van der Waals surface area contributed by atoms with Crippen LogP contribution in [0.3, 0.4) is 0 Å². The molecule has 0 spiro atoms. The van der Waals surface area contributed by atoms with Crippen LogP contribution in [0.15, 0.2) is 47.4 Å². The Bertz CT molecular complexity index is 1080. The van der Waals surface area contributed by atoms with Crippen LogP contribution in [-0.2, 0) is 10.0 Å². The maximum atomic E-state index is 14.1. The van der Waals surface area contributed by atoms with Crippen LogP contribution in [0.1, 0.15) is 18.9 Å². The summed E-state index contributed by atoms with van der Waals surface area (Å²) in [6, 6.07) is 10.7. The van der Waals surface area contributed by atoms with Gasteiger partial charge in [0, 0.05) is 11.3 Å². The Balaban J connectivity index is 1.67. The molecule has 10 heteroatoms. The zero-order valence-electron chi connectivity index (χ0n) is 13.3. The standard InChI is InChI=1S/C16H13ClFN5O2S/c17-13-5-2-6-14(15(13)18)26(24,25)20-11-4-1-3-10(9-11)16-19-21-22-23(16)12-7-8-12/h1-6,9,12,20H,7-8H2. The molecule has 1 saturated carbocycles. The van der Waals surface area contributed by atoms with Gasteiger partial charge in [-0.05, 0) is 47.5 Å². The molecule has 4 rings (SSSR count). The van der Waals surface area contributed by atoms with Crippen molar-refractivity contribution in [1.82, 2.24) is 20.2 Å². The number of rotatable bonds is 5. The lowest BCUT2D eigenvalue weighted by atomic mass is 10.2. The molecular weight excluding hydrogens is 381 g/mol. The molecule has 2 aromatic carbocycles. The fraction of sp³-hybridized carbons (Fsp3) is 0.188. The normalized spacial score (nSPS) is 14.4. The summed E-state index contributed by atoms with van der Waals surface area (Å²) in [4.78, 5) is -0.516. The van der Waals surface area contributed by atoms with E-state index in [9.17, 15) is 12.8 Å². The highest BCUT2D eigenvalue weighted by molar-refractivity contribution is 7.92. The first-order valence-corrected chi connectivity index (χ1v) is 9.67. The summed E-state index contributed by atoms with van der Waals surface area (Å²) >= 11 is 5.68. The van der Waals surface area contributed by atoms with Crippen LogP contribution in [0.2, 0.25) is 5.02 Å². The molecule has 0 bridgehead atoms. The Labute approximate surface area is 153 Å². The van der Waals surface area contributed by atoms with Crippen molar-refractivity contribution < 1.29 is 12.8 Å². The van der Waals surface area contributed by atoms with Gasteiger partial charge >= 0.3 is 0 Å². The Kier molecular flexibility index (Phi) is 4.12. The zero-order chi connectivity index (χ0) is 18.3. The van der Waals surface area contributed by atoms with Crippen LogP contribution in [0.5, 0.6) is 0 Å². The topological polar surface area (TPSA) is 89.8 Å². The van der Waals surface area contributed by atoms with Crippen molar-refractivity contribution in [3.05, 3.63) is 53.3 Å². The second kappa shape index (κ2) is 6.33. The van der Waals surface area contributed by atoms with E-state index in [1.54, 1.807) is 28.9 Å². The molecule has 0 aliphatic heterocycles. The Morgan fingerprint density at radius 2 is 1.96 bits per heavy atom. The molecular formula is C16H13ClFN5O2S. The number of tetrazole rings is 1. The highest BCUT2D eigenvalue weighted by atomic mass is 35.5. The van der Waals surface area contributed by atoms with Crippen LogP contribution in [0, 0.1) is 5.82 Å². The smallest absolute Gasteiger partial charge is 0.264 e. The molecule has 1 aliphatic carbocycles. The van der Waals surface area contributed by atoms with Crippen molar-refractivity contribution >= 4 is 27.3 Å². The van der Waals surface area contributed by atoms with E-state index < -0.39 is 20.7 Å². The SMILES string of the molecule is O=S(=O)(Nc1cccc(-c2nnnn2C2CC2)c1)c1cccc(Cl)c1F. The summed E-state index contributed by atoms with van der Waals surface area (Å²) < 4.78 is 43.2. The Morgan fingerprint density at radius 1 is 1.19 bits per heavy atom. The lowest BCUT2D eigenvalue weighted by Crippen LogP contribution is -2.14. The number of sulfonamides is 1. The first-order valence-electron chi connectivity index (χ1n) is 7.81. The zero-order valence-corrected chi connectivity index (χ0v) is 14.9. The van der Waals surface area contributed by atoms with Gasteiger partial charge in [0.25, 0.3) is 10.0 Å². The molecule has 0 saturated heterocycles. The summed E-state index contributed by atoms with van der Waals surface area (Å²) in [7, 11) is -4.13. The first-order chi connectivity index (χ1) is 12.5. The summed E-state index contributed by atoms with van der Waals surface area (Å²) in [6.45, 7) is 0. The van der Waals surface area contributed by atoms with E-state index in [0.717, 1.165) is 18.9 Å². The molecule has 1 fully saturated rings. The molecule has 7 nitrogen and oxygen atoms in total. The molecule has 1 aromatic heterocycles. The van der Waals surface area contributed by atoms with Gasteiger partial charge < -0.3 is 0 Å². The van der Waals surface area contributed by atoms with Gasteiger partial charge in [0.15, 0.2) is 11.6 Å². The third-order valence-corrected chi connectivity index (χ3v) is 5.65. The van der Waals surface area contributed by atoms with Gasteiger partial charge in [-0.2, -0.15) is 0 Å². The maximum absolute atomic E-state index is 14.1. The van der Waals surface area contributed by atoms with Gasteiger partial charge in [0.2, 0.25) is 0 Å². The van der Waals surface area contributed by atoms with Gasteiger partial charge in [0.05, 0.1) is 11.1 Å². The number of benzene rings is 2. The largest absolute Gasteiger partial charge is 0.280 e. The van der Waals surface area contributed by atoms with Gasteiger partial charge in [-0.25, -0.2) is 17.5 Å². The van der Waals surface area contributed by atoms with E-state index >= 15 is 0 Å². The van der Waals surface area contributed by atoms with E-state index in [1.807, 2.05) is 0 Å². The molecule has 0 amide bonds. The summed E-state index contributed by atoms with van der Waals surface area (Å²) in [6.07, 6.45) is 2.02. The molecule has 1 aliphatic rings. The van der Waals surface area contributed by atoms with E-state index in [2.05, 4.69) is 20.2 Å². The van der Waals surface area contributed by atoms with Crippen molar-refractivity contribution in [1.29, 1.82) is 0 Å². The number of nitrogens with one attached hydrogen (secondary N) is 1. The number of hydrogen-bond acceptors (Lipinski definition) is 5. The van der Waals surface area contributed by atoms with E-state index in [1.165, 1.54) is 12.1 Å². The lowest BCUT2D eigenvalue weighted by molar-refractivity contribution is 0.570. The number of nitrogens with zero attached hydrogens (tertiary/aromatic N) is 4. The van der Waals surface area contributed by atoms with Gasteiger partial charge in [0.1, 0.15) is 4.90 Å². The van der Waals surface area contributed by atoms with Gasteiger partial charge in [-0.1, -0.05) is 29.8 Å². The quantitative estimate of drug-likeness (QED) is 0.718. The second-order valence-corrected chi connectivity index (χ2v) is 7.97. The van der Waals surface area contributed by atoms with Gasteiger partial charge in [-0.15, -0.1) is 5.10 Å². The minimum absolute atomic E-state index is 0.259. The number of anilines is 1. The maximum Gasteiger partial charge on any atom is 0.264 e. The fourth-order valence-corrected chi connectivity index (χ4v) is 3.95. The molecule has 3 aromatic rings. The van der Waals surface area contributed by atoms with Crippen molar-refractivity contribution in [2.24, 2.45) is 0 Å². The second-order valence-electron chi connectivity index (χ2n) is 5.92. The van der Waals surface area contributed by atoms with Crippen LogP contribution < -0.4 is 4.72 Å².